The highest BCUT2D eigenvalue weighted by Crippen LogP contribution is 2.29. The number of para-hydroxylation sites is 1. The van der Waals surface area contributed by atoms with Crippen molar-refractivity contribution in [2.24, 2.45) is 0 Å². The van der Waals surface area contributed by atoms with Crippen LogP contribution in [0.2, 0.25) is 0 Å². The van der Waals surface area contributed by atoms with Crippen LogP contribution in [0, 0.1) is 10.1 Å². The molecule has 0 aliphatic carbocycles. The summed E-state index contributed by atoms with van der Waals surface area (Å²) in [6.07, 6.45) is 0. The van der Waals surface area contributed by atoms with Gasteiger partial charge in [0, 0.05) is 44.0 Å². The Morgan fingerprint density at radius 2 is 1.82 bits per heavy atom. The van der Waals surface area contributed by atoms with Gasteiger partial charge in [-0.2, -0.15) is 0 Å². The molecule has 3 rings (SSSR count). The molecule has 1 heterocycles. The molecule has 2 aromatic rings. The third-order valence-electron chi connectivity index (χ3n) is 5.01. The molecule has 1 atom stereocenters. The van der Waals surface area contributed by atoms with Crippen LogP contribution in [0.3, 0.4) is 0 Å². The minimum atomic E-state index is -0.499. The van der Waals surface area contributed by atoms with Crippen LogP contribution in [0.25, 0.3) is 0 Å². The fourth-order valence-corrected chi connectivity index (χ4v) is 3.32. The van der Waals surface area contributed by atoms with Crippen LogP contribution in [0.5, 0.6) is 5.75 Å². The summed E-state index contributed by atoms with van der Waals surface area (Å²) in [6, 6.07) is 14.0. The summed E-state index contributed by atoms with van der Waals surface area (Å²) in [7, 11) is 1.46. The molecule has 2 aromatic carbocycles. The molecule has 8 heteroatoms. The zero-order chi connectivity index (χ0) is 20.1. The predicted octanol–water partition coefficient (Wildman–Crippen LogP) is 2.75. The molecule has 1 N–H and O–H groups in total. The number of benzene rings is 2. The van der Waals surface area contributed by atoms with Gasteiger partial charge in [-0.05, 0) is 25.1 Å². The zero-order valence-corrected chi connectivity index (χ0v) is 16.0. The molecule has 0 spiro atoms. The summed E-state index contributed by atoms with van der Waals surface area (Å²) in [5.74, 6) is 0.173. The molecule has 1 fully saturated rings. The standard InChI is InChI=1S/C20H24N4O4/c1-15(22-10-12-23(13-11-22)16-6-4-3-5-7-16)20(25)21-18-14-17(24(26)27)8-9-19(18)28-2/h3-9,14-15H,10-13H2,1-2H3,(H,21,25)/t15-/m0/s1. The molecule has 1 aliphatic rings. The lowest BCUT2D eigenvalue weighted by atomic mass is 10.2. The quantitative estimate of drug-likeness (QED) is 0.609. The van der Waals surface area contributed by atoms with Crippen molar-refractivity contribution in [3.05, 3.63) is 58.6 Å². The number of carbonyl (C=O) groups is 1. The van der Waals surface area contributed by atoms with Crippen LogP contribution in [-0.2, 0) is 4.79 Å². The molecule has 0 bridgehead atoms. The number of hydrogen-bond donors (Lipinski definition) is 1. The van der Waals surface area contributed by atoms with Crippen molar-refractivity contribution >= 4 is 23.0 Å². The molecular weight excluding hydrogens is 360 g/mol. The molecule has 0 unspecified atom stereocenters. The number of methoxy groups -OCH3 is 1. The second-order valence-electron chi connectivity index (χ2n) is 6.67. The minimum absolute atomic E-state index is 0.0970. The SMILES string of the molecule is COc1ccc([N+](=O)[O-])cc1NC(=O)[C@H](C)N1CCN(c2ccccc2)CC1. The molecule has 148 valence electrons. The van der Waals surface area contributed by atoms with Crippen molar-refractivity contribution in [1.82, 2.24) is 4.90 Å². The number of non-ortho nitro benzene ring substituents is 1. The average molecular weight is 384 g/mol. The van der Waals surface area contributed by atoms with Crippen molar-refractivity contribution in [1.29, 1.82) is 0 Å². The van der Waals surface area contributed by atoms with Crippen molar-refractivity contribution in [3.8, 4) is 5.75 Å². The Morgan fingerprint density at radius 3 is 2.43 bits per heavy atom. The van der Waals surface area contributed by atoms with Crippen LogP contribution in [-0.4, -0.2) is 55.1 Å². The van der Waals surface area contributed by atoms with Gasteiger partial charge in [0.2, 0.25) is 5.91 Å². The fourth-order valence-electron chi connectivity index (χ4n) is 3.32. The lowest BCUT2D eigenvalue weighted by Crippen LogP contribution is -2.52. The van der Waals surface area contributed by atoms with Gasteiger partial charge in [-0.25, -0.2) is 0 Å². The second-order valence-corrected chi connectivity index (χ2v) is 6.67. The largest absolute Gasteiger partial charge is 0.495 e. The highest BCUT2D eigenvalue weighted by Gasteiger charge is 2.26. The van der Waals surface area contributed by atoms with Crippen molar-refractivity contribution in [2.75, 3.05) is 43.5 Å². The number of nitrogens with one attached hydrogen (secondary N) is 1. The summed E-state index contributed by atoms with van der Waals surface area (Å²) < 4.78 is 5.21. The van der Waals surface area contributed by atoms with Gasteiger partial charge in [0.05, 0.1) is 23.8 Å². The van der Waals surface area contributed by atoms with Crippen LogP contribution in [0.15, 0.2) is 48.5 Å². The number of anilines is 2. The maximum atomic E-state index is 12.7. The van der Waals surface area contributed by atoms with Crippen LogP contribution in [0.1, 0.15) is 6.92 Å². The second kappa shape index (κ2) is 8.71. The number of amides is 1. The summed E-state index contributed by atoms with van der Waals surface area (Å²) in [5.41, 5.74) is 1.39. The number of piperazine rings is 1. The lowest BCUT2D eigenvalue weighted by molar-refractivity contribution is -0.384. The number of ether oxygens (including phenoxy) is 1. The molecule has 1 amide bonds. The summed E-state index contributed by atoms with van der Waals surface area (Å²) in [5, 5.41) is 13.8. The van der Waals surface area contributed by atoms with E-state index in [1.165, 1.54) is 31.0 Å². The van der Waals surface area contributed by atoms with E-state index in [0.29, 0.717) is 11.4 Å². The molecule has 0 aromatic heterocycles. The summed E-state index contributed by atoms with van der Waals surface area (Å²) in [4.78, 5) is 27.6. The van der Waals surface area contributed by atoms with Gasteiger partial charge >= 0.3 is 0 Å². The summed E-state index contributed by atoms with van der Waals surface area (Å²) in [6.45, 7) is 5.03. The monoisotopic (exact) mass is 384 g/mol. The predicted molar refractivity (Wildman–Crippen MR) is 108 cm³/mol. The van der Waals surface area contributed by atoms with Gasteiger partial charge in [-0.15, -0.1) is 0 Å². The first kappa shape index (κ1) is 19.6. The maximum Gasteiger partial charge on any atom is 0.271 e. The molecular formula is C20H24N4O4. The van der Waals surface area contributed by atoms with Gasteiger partial charge in [-0.1, -0.05) is 18.2 Å². The molecule has 28 heavy (non-hydrogen) atoms. The smallest absolute Gasteiger partial charge is 0.271 e. The number of hydrogen-bond acceptors (Lipinski definition) is 6. The third-order valence-corrected chi connectivity index (χ3v) is 5.01. The minimum Gasteiger partial charge on any atom is -0.495 e. The van der Waals surface area contributed by atoms with Crippen molar-refractivity contribution in [3.63, 3.8) is 0 Å². The van der Waals surface area contributed by atoms with Crippen LogP contribution in [0.4, 0.5) is 17.1 Å². The Morgan fingerprint density at radius 1 is 1.14 bits per heavy atom. The topological polar surface area (TPSA) is 87.9 Å². The van der Waals surface area contributed by atoms with E-state index in [9.17, 15) is 14.9 Å². The molecule has 0 saturated carbocycles. The van der Waals surface area contributed by atoms with E-state index < -0.39 is 4.92 Å². The van der Waals surface area contributed by atoms with Crippen LogP contribution < -0.4 is 15.0 Å². The number of nitro benzene ring substituents is 1. The van der Waals surface area contributed by atoms with E-state index in [4.69, 9.17) is 4.74 Å². The van der Waals surface area contributed by atoms with Crippen LogP contribution >= 0.6 is 0 Å². The number of carbonyl (C=O) groups excluding carboxylic acids is 1. The average Bonchev–Trinajstić information content (AvgIpc) is 2.73. The number of nitrogens with zero attached hydrogens (tertiary/aromatic N) is 3. The van der Waals surface area contributed by atoms with Gasteiger partial charge in [-0.3, -0.25) is 19.8 Å². The van der Waals surface area contributed by atoms with E-state index >= 15 is 0 Å². The maximum absolute atomic E-state index is 12.7. The Hall–Kier alpha value is -3.13. The van der Waals surface area contributed by atoms with E-state index in [-0.39, 0.29) is 17.6 Å². The van der Waals surface area contributed by atoms with Crippen molar-refractivity contribution < 1.29 is 14.5 Å². The zero-order valence-electron chi connectivity index (χ0n) is 16.0. The van der Waals surface area contributed by atoms with E-state index in [2.05, 4.69) is 27.2 Å². The summed E-state index contributed by atoms with van der Waals surface area (Å²) >= 11 is 0. The van der Waals surface area contributed by atoms with E-state index in [0.717, 1.165) is 26.2 Å². The number of nitro groups is 1. The molecule has 8 nitrogen and oxygen atoms in total. The van der Waals surface area contributed by atoms with Gasteiger partial charge in [0.15, 0.2) is 0 Å². The molecule has 0 radical (unpaired) electrons. The van der Waals surface area contributed by atoms with E-state index in [1.54, 1.807) is 0 Å². The Kier molecular flexibility index (Phi) is 6.10. The first-order valence-corrected chi connectivity index (χ1v) is 9.17. The first-order chi connectivity index (χ1) is 13.5. The highest BCUT2D eigenvalue weighted by molar-refractivity contribution is 5.96. The van der Waals surface area contributed by atoms with Gasteiger partial charge < -0.3 is 15.0 Å². The Labute approximate surface area is 163 Å². The fraction of sp³-hybridized carbons (Fsp3) is 0.350. The normalized spacial score (nSPS) is 15.7. The Bertz CT molecular complexity index is 835. The Balaban J connectivity index is 1.62. The highest BCUT2D eigenvalue weighted by atomic mass is 16.6. The third kappa shape index (κ3) is 4.40. The number of rotatable bonds is 6. The van der Waals surface area contributed by atoms with Crippen molar-refractivity contribution in [2.45, 2.75) is 13.0 Å². The van der Waals surface area contributed by atoms with E-state index in [1.807, 2.05) is 25.1 Å². The van der Waals surface area contributed by atoms with Gasteiger partial charge in [0.1, 0.15) is 5.75 Å². The van der Waals surface area contributed by atoms with Gasteiger partial charge in [0.25, 0.3) is 5.69 Å². The first-order valence-electron chi connectivity index (χ1n) is 9.17. The lowest BCUT2D eigenvalue weighted by Gasteiger charge is -2.38. The molecule has 1 saturated heterocycles. The molecule has 1 aliphatic heterocycles.